The van der Waals surface area contributed by atoms with Crippen LogP contribution in [0.25, 0.3) is 0 Å². The second-order valence-electron chi connectivity index (χ2n) is 6.71. The first-order valence-corrected chi connectivity index (χ1v) is 7.73. The van der Waals surface area contributed by atoms with Gasteiger partial charge in [0.2, 0.25) is 11.8 Å². The second kappa shape index (κ2) is 4.89. The highest BCUT2D eigenvalue weighted by Gasteiger charge is 2.45. The maximum absolute atomic E-state index is 12.5. The second-order valence-corrected chi connectivity index (χ2v) is 6.71. The summed E-state index contributed by atoms with van der Waals surface area (Å²) in [4.78, 5) is 26.2. The number of rotatable bonds is 3. The highest BCUT2D eigenvalue weighted by molar-refractivity contribution is 6.05. The number of carbonyl (C=O) groups is 2. The van der Waals surface area contributed by atoms with E-state index in [4.69, 9.17) is 0 Å². The van der Waals surface area contributed by atoms with Gasteiger partial charge in [-0.15, -0.1) is 0 Å². The summed E-state index contributed by atoms with van der Waals surface area (Å²) in [6, 6.07) is -0.0839. The maximum Gasteiger partial charge on any atom is 0.247 e. The maximum atomic E-state index is 12.5. The standard InChI is InChI=1S/C15H24N2O2/c1-15(8-4-5-9-15)16-12-10-13(18)17(14(12)19)11-6-2-3-7-11/h11-12,16H,2-10H2,1H3. The third kappa shape index (κ3) is 2.42. The van der Waals surface area contributed by atoms with E-state index in [1.54, 1.807) is 4.90 Å². The lowest BCUT2D eigenvalue weighted by atomic mass is 9.99. The number of hydrogen-bond acceptors (Lipinski definition) is 3. The zero-order valence-corrected chi connectivity index (χ0v) is 11.8. The van der Waals surface area contributed by atoms with Crippen molar-refractivity contribution in [2.75, 3.05) is 0 Å². The Kier molecular flexibility index (Phi) is 3.37. The number of nitrogens with zero attached hydrogens (tertiary/aromatic N) is 1. The van der Waals surface area contributed by atoms with Crippen molar-refractivity contribution in [3.05, 3.63) is 0 Å². The number of carbonyl (C=O) groups excluding carboxylic acids is 2. The molecule has 2 aliphatic carbocycles. The summed E-state index contributed by atoms with van der Waals surface area (Å²) in [6.07, 6.45) is 9.36. The molecule has 19 heavy (non-hydrogen) atoms. The Bertz CT molecular complexity index is 382. The Morgan fingerprint density at radius 3 is 2.37 bits per heavy atom. The minimum Gasteiger partial charge on any atom is -0.300 e. The molecule has 3 aliphatic rings. The van der Waals surface area contributed by atoms with Crippen LogP contribution in [0.1, 0.15) is 64.7 Å². The van der Waals surface area contributed by atoms with Crippen LogP contribution in [0.15, 0.2) is 0 Å². The molecule has 0 bridgehead atoms. The normalized spacial score (nSPS) is 31.6. The van der Waals surface area contributed by atoms with Crippen LogP contribution in [0.4, 0.5) is 0 Å². The van der Waals surface area contributed by atoms with Crippen LogP contribution in [-0.4, -0.2) is 34.3 Å². The van der Waals surface area contributed by atoms with Crippen molar-refractivity contribution in [3.63, 3.8) is 0 Å². The molecule has 1 N–H and O–H groups in total. The van der Waals surface area contributed by atoms with E-state index in [9.17, 15) is 9.59 Å². The van der Waals surface area contributed by atoms with E-state index in [0.717, 1.165) is 38.5 Å². The van der Waals surface area contributed by atoms with Crippen LogP contribution in [0, 0.1) is 0 Å². The van der Waals surface area contributed by atoms with Crippen molar-refractivity contribution in [2.24, 2.45) is 0 Å². The Morgan fingerprint density at radius 1 is 1.11 bits per heavy atom. The van der Waals surface area contributed by atoms with E-state index in [0.29, 0.717) is 6.42 Å². The van der Waals surface area contributed by atoms with Gasteiger partial charge in [0.05, 0.1) is 12.5 Å². The Morgan fingerprint density at radius 2 is 1.74 bits per heavy atom. The van der Waals surface area contributed by atoms with E-state index < -0.39 is 0 Å². The van der Waals surface area contributed by atoms with Gasteiger partial charge in [-0.25, -0.2) is 0 Å². The topological polar surface area (TPSA) is 49.4 Å². The summed E-state index contributed by atoms with van der Waals surface area (Å²) in [6.45, 7) is 2.19. The van der Waals surface area contributed by atoms with Crippen molar-refractivity contribution >= 4 is 11.8 Å². The zero-order valence-electron chi connectivity index (χ0n) is 11.8. The van der Waals surface area contributed by atoms with Gasteiger partial charge in [-0.1, -0.05) is 25.7 Å². The number of nitrogens with one attached hydrogen (secondary N) is 1. The molecule has 106 valence electrons. The predicted octanol–water partition coefficient (Wildman–Crippen LogP) is 1.98. The molecule has 3 rings (SSSR count). The van der Waals surface area contributed by atoms with Gasteiger partial charge in [0, 0.05) is 11.6 Å². The fraction of sp³-hybridized carbons (Fsp3) is 0.867. The fourth-order valence-corrected chi connectivity index (χ4v) is 4.03. The molecule has 0 aromatic heterocycles. The van der Waals surface area contributed by atoms with E-state index in [-0.39, 0.29) is 29.4 Å². The highest BCUT2D eigenvalue weighted by atomic mass is 16.2. The molecule has 2 saturated carbocycles. The fourth-order valence-electron chi connectivity index (χ4n) is 4.03. The molecule has 3 fully saturated rings. The summed E-state index contributed by atoms with van der Waals surface area (Å²) in [5.41, 5.74) is 0.0618. The molecule has 1 unspecified atom stereocenters. The van der Waals surface area contributed by atoms with Gasteiger partial charge < -0.3 is 5.32 Å². The Labute approximate surface area is 114 Å². The third-order valence-electron chi connectivity index (χ3n) is 5.10. The first-order chi connectivity index (χ1) is 9.09. The Hall–Kier alpha value is -0.900. The number of imide groups is 1. The molecule has 0 aromatic carbocycles. The van der Waals surface area contributed by atoms with E-state index in [1.165, 1.54) is 12.8 Å². The average molecular weight is 264 g/mol. The summed E-state index contributed by atoms with van der Waals surface area (Å²) in [5.74, 6) is 0.0704. The van der Waals surface area contributed by atoms with Gasteiger partial charge >= 0.3 is 0 Å². The molecular formula is C15H24N2O2. The van der Waals surface area contributed by atoms with Gasteiger partial charge in [-0.2, -0.15) is 0 Å². The summed E-state index contributed by atoms with van der Waals surface area (Å²) in [7, 11) is 0. The minimum absolute atomic E-state index is 0.0324. The van der Waals surface area contributed by atoms with E-state index in [2.05, 4.69) is 12.2 Å². The van der Waals surface area contributed by atoms with Crippen LogP contribution in [0.3, 0.4) is 0 Å². The summed E-state index contributed by atoms with van der Waals surface area (Å²) in [5, 5.41) is 3.48. The molecule has 2 amide bonds. The molecule has 0 radical (unpaired) electrons. The van der Waals surface area contributed by atoms with Gasteiger partial charge in [0.15, 0.2) is 0 Å². The van der Waals surface area contributed by atoms with E-state index >= 15 is 0 Å². The van der Waals surface area contributed by atoms with Crippen molar-refractivity contribution in [3.8, 4) is 0 Å². The van der Waals surface area contributed by atoms with Gasteiger partial charge in [-0.05, 0) is 32.6 Å². The van der Waals surface area contributed by atoms with Gasteiger partial charge in [-0.3, -0.25) is 14.5 Å². The first kappa shape index (κ1) is 13.1. The number of amides is 2. The molecule has 4 nitrogen and oxygen atoms in total. The van der Waals surface area contributed by atoms with Gasteiger partial charge in [0.1, 0.15) is 0 Å². The summed E-state index contributed by atoms with van der Waals surface area (Å²) < 4.78 is 0. The third-order valence-corrected chi connectivity index (χ3v) is 5.10. The van der Waals surface area contributed by atoms with Gasteiger partial charge in [0.25, 0.3) is 0 Å². The molecule has 1 heterocycles. The van der Waals surface area contributed by atoms with Crippen molar-refractivity contribution in [1.29, 1.82) is 0 Å². The lowest BCUT2D eigenvalue weighted by molar-refractivity contribution is -0.141. The predicted molar refractivity (Wildman–Crippen MR) is 72.5 cm³/mol. The first-order valence-electron chi connectivity index (χ1n) is 7.73. The van der Waals surface area contributed by atoms with Crippen LogP contribution < -0.4 is 5.32 Å². The zero-order chi connectivity index (χ0) is 13.5. The lowest BCUT2D eigenvalue weighted by Crippen LogP contribution is -2.50. The highest BCUT2D eigenvalue weighted by Crippen LogP contribution is 2.32. The molecule has 1 saturated heterocycles. The SMILES string of the molecule is CC1(NC2CC(=O)N(C3CCCC3)C2=O)CCCC1. The smallest absolute Gasteiger partial charge is 0.247 e. The van der Waals surface area contributed by atoms with Crippen LogP contribution in [0.5, 0.6) is 0 Å². The molecular weight excluding hydrogens is 240 g/mol. The molecule has 4 heteroatoms. The molecule has 0 aromatic rings. The number of likely N-dealkylation sites (tertiary alicyclic amines) is 1. The van der Waals surface area contributed by atoms with Crippen molar-refractivity contribution in [2.45, 2.75) is 82.3 Å². The summed E-state index contributed by atoms with van der Waals surface area (Å²) >= 11 is 0. The monoisotopic (exact) mass is 264 g/mol. The van der Waals surface area contributed by atoms with Crippen molar-refractivity contribution in [1.82, 2.24) is 10.2 Å². The largest absolute Gasteiger partial charge is 0.300 e. The molecule has 1 atom stereocenters. The molecule has 0 spiro atoms. The average Bonchev–Trinajstić information content (AvgIpc) is 3.04. The molecule has 1 aliphatic heterocycles. The lowest BCUT2D eigenvalue weighted by Gasteiger charge is -2.29. The van der Waals surface area contributed by atoms with Crippen LogP contribution in [0.2, 0.25) is 0 Å². The minimum atomic E-state index is -0.267. The quantitative estimate of drug-likeness (QED) is 0.793. The van der Waals surface area contributed by atoms with Crippen molar-refractivity contribution < 1.29 is 9.59 Å². The van der Waals surface area contributed by atoms with Crippen LogP contribution >= 0.6 is 0 Å². The Balaban J connectivity index is 1.68. The van der Waals surface area contributed by atoms with Crippen LogP contribution in [-0.2, 0) is 9.59 Å². The number of hydrogen-bond donors (Lipinski definition) is 1. The van der Waals surface area contributed by atoms with E-state index in [1.807, 2.05) is 0 Å².